The molecular formula is C13H20N4O4. The van der Waals surface area contributed by atoms with Crippen LogP contribution in [0.4, 0.5) is 11.6 Å². The molecule has 1 aromatic rings. The summed E-state index contributed by atoms with van der Waals surface area (Å²) in [6, 6.07) is 0. The molecule has 1 N–H and O–H groups in total. The van der Waals surface area contributed by atoms with Gasteiger partial charge in [0.05, 0.1) is 18.1 Å². The molecule has 2 rings (SSSR count). The Hall–Kier alpha value is -1.96. The molecule has 1 aliphatic rings. The highest BCUT2D eigenvalue weighted by Gasteiger charge is 2.25. The van der Waals surface area contributed by atoms with Gasteiger partial charge < -0.3 is 14.8 Å². The number of nitrogens with one attached hydrogen (secondary N) is 1. The third-order valence-corrected chi connectivity index (χ3v) is 3.22. The molecule has 116 valence electrons. The molecule has 1 unspecified atom stereocenters. The second-order valence-corrected chi connectivity index (χ2v) is 5.01. The zero-order chi connectivity index (χ0) is 15.2. The molecule has 0 amide bonds. The molecule has 1 aliphatic heterocycles. The van der Waals surface area contributed by atoms with Crippen molar-refractivity contribution in [1.29, 1.82) is 0 Å². The lowest BCUT2D eigenvalue weighted by Crippen LogP contribution is -2.15. The van der Waals surface area contributed by atoms with E-state index in [0.717, 1.165) is 12.8 Å². The standard InChI is InChI=1S/C13H20N4O4/c1-3-5-14-13-15-9(2)11(17(18)19)12(16-13)21-8-10-4-6-20-7-10/h10H,3-8H2,1-2H3,(H,14,15,16). The minimum Gasteiger partial charge on any atom is -0.472 e. The fraction of sp³-hybridized carbons (Fsp3) is 0.692. The van der Waals surface area contributed by atoms with Gasteiger partial charge in [-0.3, -0.25) is 10.1 Å². The molecule has 0 aliphatic carbocycles. The van der Waals surface area contributed by atoms with E-state index >= 15 is 0 Å². The lowest BCUT2D eigenvalue weighted by molar-refractivity contribution is -0.387. The summed E-state index contributed by atoms with van der Waals surface area (Å²) in [6.07, 6.45) is 1.81. The predicted octanol–water partition coefficient (Wildman–Crippen LogP) is 1.93. The Balaban J connectivity index is 2.17. The summed E-state index contributed by atoms with van der Waals surface area (Å²) in [6.45, 7) is 6.00. The van der Waals surface area contributed by atoms with Crippen molar-refractivity contribution in [2.75, 3.05) is 31.7 Å². The lowest BCUT2D eigenvalue weighted by Gasteiger charge is -2.12. The molecule has 1 aromatic heterocycles. The Kier molecular flexibility index (Phi) is 5.26. The van der Waals surface area contributed by atoms with Crippen molar-refractivity contribution in [3.63, 3.8) is 0 Å². The van der Waals surface area contributed by atoms with Crippen LogP contribution in [-0.4, -0.2) is 41.3 Å². The maximum absolute atomic E-state index is 11.2. The molecule has 0 spiro atoms. The van der Waals surface area contributed by atoms with Gasteiger partial charge in [-0.25, -0.2) is 4.98 Å². The van der Waals surface area contributed by atoms with Crippen LogP contribution < -0.4 is 10.1 Å². The SMILES string of the molecule is CCCNc1nc(C)c([N+](=O)[O-])c(OCC2CCOC2)n1. The van der Waals surface area contributed by atoms with Gasteiger partial charge in [-0.05, 0) is 19.8 Å². The largest absolute Gasteiger partial charge is 0.472 e. The average molecular weight is 296 g/mol. The molecule has 0 radical (unpaired) electrons. The summed E-state index contributed by atoms with van der Waals surface area (Å²) < 4.78 is 10.8. The number of rotatable bonds is 7. The van der Waals surface area contributed by atoms with E-state index in [1.165, 1.54) is 0 Å². The molecule has 1 atom stereocenters. The summed E-state index contributed by atoms with van der Waals surface area (Å²) in [4.78, 5) is 18.9. The Morgan fingerprint density at radius 2 is 2.33 bits per heavy atom. The van der Waals surface area contributed by atoms with Crippen LogP contribution in [0, 0.1) is 23.0 Å². The van der Waals surface area contributed by atoms with E-state index in [1.54, 1.807) is 6.92 Å². The van der Waals surface area contributed by atoms with E-state index in [1.807, 2.05) is 6.92 Å². The number of nitro groups is 1. The van der Waals surface area contributed by atoms with E-state index in [-0.39, 0.29) is 17.5 Å². The van der Waals surface area contributed by atoms with Crippen LogP contribution in [-0.2, 0) is 4.74 Å². The first-order valence-corrected chi connectivity index (χ1v) is 7.09. The highest BCUT2D eigenvalue weighted by atomic mass is 16.6. The van der Waals surface area contributed by atoms with Gasteiger partial charge in [0.1, 0.15) is 5.69 Å². The summed E-state index contributed by atoms with van der Waals surface area (Å²) in [5.41, 5.74) is 0.127. The zero-order valence-corrected chi connectivity index (χ0v) is 12.3. The Morgan fingerprint density at radius 3 is 2.95 bits per heavy atom. The van der Waals surface area contributed by atoms with Crippen molar-refractivity contribution in [3.8, 4) is 5.88 Å². The number of aryl methyl sites for hydroxylation is 1. The molecule has 21 heavy (non-hydrogen) atoms. The van der Waals surface area contributed by atoms with Crippen molar-refractivity contribution in [2.24, 2.45) is 5.92 Å². The normalized spacial score (nSPS) is 17.7. The Morgan fingerprint density at radius 1 is 1.52 bits per heavy atom. The van der Waals surface area contributed by atoms with E-state index < -0.39 is 4.92 Å². The number of anilines is 1. The van der Waals surface area contributed by atoms with Crippen molar-refractivity contribution in [3.05, 3.63) is 15.8 Å². The molecule has 8 heteroatoms. The highest BCUT2D eigenvalue weighted by molar-refractivity contribution is 5.48. The maximum atomic E-state index is 11.2. The predicted molar refractivity (Wildman–Crippen MR) is 76.6 cm³/mol. The maximum Gasteiger partial charge on any atom is 0.352 e. The van der Waals surface area contributed by atoms with Crippen molar-refractivity contribution < 1.29 is 14.4 Å². The molecule has 0 bridgehead atoms. The molecule has 0 aromatic carbocycles. The van der Waals surface area contributed by atoms with E-state index in [2.05, 4.69) is 15.3 Å². The second kappa shape index (κ2) is 7.16. The fourth-order valence-electron chi connectivity index (χ4n) is 2.08. The van der Waals surface area contributed by atoms with Gasteiger partial charge in [0, 0.05) is 19.1 Å². The van der Waals surface area contributed by atoms with Crippen LogP contribution in [0.2, 0.25) is 0 Å². The molecule has 2 heterocycles. The quantitative estimate of drug-likeness (QED) is 0.606. The molecular weight excluding hydrogens is 276 g/mol. The molecule has 8 nitrogen and oxygen atoms in total. The lowest BCUT2D eigenvalue weighted by atomic mass is 10.1. The van der Waals surface area contributed by atoms with Crippen molar-refractivity contribution in [1.82, 2.24) is 9.97 Å². The minimum atomic E-state index is -0.501. The molecule has 0 saturated carbocycles. The van der Waals surface area contributed by atoms with E-state index in [0.29, 0.717) is 38.0 Å². The summed E-state index contributed by atoms with van der Waals surface area (Å²) in [7, 11) is 0. The second-order valence-electron chi connectivity index (χ2n) is 5.01. The zero-order valence-electron chi connectivity index (χ0n) is 12.3. The first kappa shape index (κ1) is 15.4. The van der Waals surface area contributed by atoms with Crippen LogP contribution in [0.15, 0.2) is 0 Å². The average Bonchev–Trinajstić information content (AvgIpc) is 2.95. The topological polar surface area (TPSA) is 99.4 Å². The summed E-state index contributed by atoms with van der Waals surface area (Å²) in [5, 5.41) is 14.2. The van der Waals surface area contributed by atoms with Gasteiger partial charge >= 0.3 is 5.69 Å². The third kappa shape index (κ3) is 4.01. The summed E-state index contributed by atoms with van der Waals surface area (Å²) >= 11 is 0. The van der Waals surface area contributed by atoms with Gasteiger partial charge in [0.25, 0.3) is 5.88 Å². The van der Waals surface area contributed by atoms with Crippen LogP contribution in [0.1, 0.15) is 25.5 Å². The summed E-state index contributed by atoms with van der Waals surface area (Å²) in [5.74, 6) is 0.641. The van der Waals surface area contributed by atoms with E-state index in [9.17, 15) is 10.1 Å². The van der Waals surface area contributed by atoms with Crippen LogP contribution in [0.25, 0.3) is 0 Å². The van der Waals surface area contributed by atoms with Gasteiger partial charge in [-0.2, -0.15) is 4.98 Å². The van der Waals surface area contributed by atoms with Crippen LogP contribution in [0.5, 0.6) is 5.88 Å². The monoisotopic (exact) mass is 296 g/mol. The Bertz CT molecular complexity index is 503. The van der Waals surface area contributed by atoms with Crippen LogP contribution in [0.3, 0.4) is 0 Å². The van der Waals surface area contributed by atoms with Crippen molar-refractivity contribution in [2.45, 2.75) is 26.7 Å². The fourth-order valence-corrected chi connectivity index (χ4v) is 2.08. The highest BCUT2D eigenvalue weighted by Crippen LogP contribution is 2.29. The third-order valence-electron chi connectivity index (χ3n) is 3.22. The first-order valence-electron chi connectivity index (χ1n) is 7.09. The first-order chi connectivity index (χ1) is 10.1. The molecule has 1 saturated heterocycles. The molecule has 1 fully saturated rings. The number of nitrogens with zero attached hydrogens (tertiary/aromatic N) is 3. The number of aromatic nitrogens is 2. The number of hydrogen-bond donors (Lipinski definition) is 1. The van der Waals surface area contributed by atoms with Crippen molar-refractivity contribution >= 4 is 11.6 Å². The smallest absolute Gasteiger partial charge is 0.352 e. The number of hydrogen-bond acceptors (Lipinski definition) is 7. The minimum absolute atomic E-state index is 0.0259. The van der Waals surface area contributed by atoms with Gasteiger partial charge in [0.2, 0.25) is 5.95 Å². The Labute approximate surface area is 123 Å². The van der Waals surface area contributed by atoms with Gasteiger partial charge in [-0.1, -0.05) is 6.92 Å². The van der Waals surface area contributed by atoms with Gasteiger partial charge in [-0.15, -0.1) is 0 Å². The van der Waals surface area contributed by atoms with Gasteiger partial charge in [0.15, 0.2) is 0 Å². The van der Waals surface area contributed by atoms with Crippen LogP contribution >= 0.6 is 0 Å². The number of ether oxygens (including phenoxy) is 2. The van der Waals surface area contributed by atoms with E-state index in [4.69, 9.17) is 9.47 Å².